The van der Waals surface area contributed by atoms with Gasteiger partial charge in [0, 0.05) is 13.1 Å². The zero-order valence-corrected chi connectivity index (χ0v) is 27.9. The molecule has 5 unspecified atom stereocenters. The minimum Gasteiger partial charge on any atom is -0.385 e. The highest BCUT2D eigenvalue weighted by atomic mass is 16.3. The molecule has 3 aliphatic carbocycles. The highest BCUT2D eigenvalue weighted by molar-refractivity contribution is 5.27. The van der Waals surface area contributed by atoms with Crippen molar-refractivity contribution in [2.24, 2.45) is 23.7 Å². The summed E-state index contributed by atoms with van der Waals surface area (Å²) in [6, 6.07) is 20.9. The van der Waals surface area contributed by atoms with E-state index in [1.165, 1.54) is 103 Å². The number of benzene rings is 2. The van der Waals surface area contributed by atoms with Crippen molar-refractivity contribution in [1.82, 2.24) is 9.80 Å². The molecule has 0 radical (unpaired) electrons. The van der Waals surface area contributed by atoms with Gasteiger partial charge >= 0.3 is 0 Å². The summed E-state index contributed by atoms with van der Waals surface area (Å²) >= 11 is 0. The molecule has 4 nitrogen and oxygen atoms in total. The fourth-order valence-electron chi connectivity index (χ4n) is 9.51. The van der Waals surface area contributed by atoms with E-state index in [4.69, 9.17) is 0 Å². The van der Waals surface area contributed by atoms with Crippen molar-refractivity contribution in [3.05, 3.63) is 83.9 Å². The molecule has 5 atom stereocenters. The van der Waals surface area contributed by atoms with Crippen molar-refractivity contribution < 1.29 is 10.2 Å². The van der Waals surface area contributed by atoms with Crippen LogP contribution >= 0.6 is 0 Å². The molecule has 0 spiro atoms. The van der Waals surface area contributed by atoms with Crippen LogP contribution in [0.15, 0.2) is 72.8 Å². The van der Waals surface area contributed by atoms with Gasteiger partial charge in [0.25, 0.3) is 0 Å². The Bertz CT molecular complexity index is 1170. The lowest BCUT2D eigenvalue weighted by Gasteiger charge is -2.40. The monoisotopic (exact) mass is 612 g/mol. The Morgan fingerprint density at radius 3 is 1.53 bits per heavy atom. The molecule has 2 aromatic rings. The molecule has 7 rings (SSSR count). The van der Waals surface area contributed by atoms with Gasteiger partial charge in [-0.2, -0.15) is 0 Å². The summed E-state index contributed by atoms with van der Waals surface area (Å²) in [7, 11) is 0. The van der Waals surface area contributed by atoms with Crippen molar-refractivity contribution in [3.63, 3.8) is 0 Å². The quantitative estimate of drug-likeness (QED) is 0.265. The normalized spacial score (nSPS) is 28.6. The zero-order valence-electron chi connectivity index (χ0n) is 27.9. The first-order chi connectivity index (χ1) is 22.0. The Balaban J connectivity index is 0.000000159. The van der Waals surface area contributed by atoms with Crippen LogP contribution in [0, 0.1) is 23.7 Å². The average molecular weight is 613 g/mol. The number of allylic oxidation sites excluding steroid dienone is 2. The number of hydrogen-bond acceptors (Lipinski definition) is 4. The van der Waals surface area contributed by atoms with Crippen LogP contribution < -0.4 is 0 Å². The van der Waals surface area contributed by atoms with E-state index in [1.54, 1.807) is 0 Å². The Kier molecular flexibility index (Phi) is 11.5. The summed E-state index contributed by atoms with van der Waals surface area (Å²) in [6.07, 6.45) is 23.2. The van der Waals surface area contributed by atoms with E-state index in [0.29, 0.717) is 23.7 Å². The van der Waals surface area contributed by atoms with Crippen LogP contribution in [0.3, 0.4) is 0 Å². The van der Waals surface area contributed by atoms with Crippen LogP contribution in [0.5, 0.6) is 0 Å². The third kappa shape index (κ3) is 8.12. The molecule has 2 aromatic carbocycles. The maximum atomic E-state index is 11.8. The summed E-state index contributed by atoms with van der Waals surface area (Å²) in [5.41, 5.74) is 0.976. The van der Waals surface area contributed by atoms with E-state index in [-0.39, 0.29) is 0 Å². The summed E-state index contributed by atoms with van der Waals surface area (Å²) in [5, 5.41) is 23.4. The Morgan fingerprint density at radius 1 is 0.556 bits per heavy atom. The second-order valence-electron chi connectivity index (χ2n) is 15.1. The van der Waals surface area contributed by atoms with Gasteiger partial charge in [-0.3, -0.25) is 0 Å². The summed E-state index contributed by atoms with van der Waals surface area (Å²) in [4.78, 5) is 5.11. The molecule has 5 aliphatic rings. The molecule has 0 aromatic heterocycles. The van der Waals surface area contributed by atoms with Crippen LogP contribution in [0.1, 0.15) is 107 Å². The topological polar surface area (TPSA) is 46.9 Å². The predicted molar refractivity (Wildman–Crippen MR) is 186 cm³/mol. The van der Waals surface area contributed by atoms with Crippen LogP contribution in [0.25, 0.3) is 0 Å². The summed E-state index contributed by atoms with van der Waals surface area (Å²) in [5.74, 6) is 2.11. The van der Waals surface area contributed by atoms with E-state index in [2.05, 4.69) is 82.6 Å². The Hall–Kier alpha value is -1.98. The molecule has 4 fully saturated rings. The lowest BCUT2D eigenvalue weighted by atomic mass is 9.71. The number of hydrogen-bond donors (Lipinski definition) is 2. The van der Waals surface area contributed by atoms with Crippen LogP contribution in [-0.2, 0) is 11.2 Å². The van der Waals surface area contributed by atoms with Gasteiger partial charge in [0.15, 0.2) is 0 Å². The lowest BCUT2D eigenvalue weighted by Crippen LogP contribution is -2.42. The minimum atomic E-state index is -0.664. The molecule has 45 heavy (non-hydrogen) atoms. The summed E-state index contributed by atoms with van der Waals surface area (Å²) in [6.45, 7) is 6.93. The standard InChI is InChI=1S/C21H29NO.C20H31NO/c23-21(19-7-3-1-4-8-19,11-14-22-12-5-2-6-13-22)20-16-17-9-10-18(20)15-17;22-20(18-10-4-1-5-11-18,19-12-6-2-7-13-19)14-17-21-15-8-3-9-16-21/h1,3-4,7-10,17-18,20,23H,2,5-6,11-16H2;1,4-5,10-11,19,22H,2-3,6-9,12-17H2. The SMILES string of the molecule is OC(CCN1CCCCC1)(c1ccccc1)C1CC2C=CC1C2.OC(CCN1CCCCC1)(c1ccccc1)C1CCCCC1. The highest BCUT2D eigenvalue weighted by Crippen LogP contribution is 2.52. The maximum Gasteiger partial charge on any atom is 0.0942 e. The molecule has 2 heterocycles. The van der Waals surface area contributed by atoms with Crippen molar-refractivity contribution in [2.45, 2.75) is 108 Å². The van der Waals surface area contributed by atoms with E-state index in [1.807, 2.05) is 0 Å². The first-order valence-corrected chi connectivity index (χ1v) is 18.7. The van der Waals surface area contributed by atoms with E-state index in [9.17, 15) is 10.2 Å². The molecule has 2 bridgehead atoms. The third-order valence-electron chi connectivity index (χ3n) is 12.2. The molecule has 4 heteroatoms. The van der Waals surface area contributed by atoms with Gasteiger partial charge in [0.05, 0.1) is 11.2 Å². The number of nitrogens with zero attached hydrogens (tertiary/aromatic N) is 2. The molecule has 2 aliphatic heterocycles. The Labute approximate surface area is 273 Å². The largest absolute Gasteiger partial charge is 0.385 e. The Morgan fingerprint density at radius 2 is 1.04 bits per heavy atom. The van der Waals surface area contributed by atoms with Crippen LogP contribution in [-0.4, -0.2) is 59.3 Å². The first-order valence-electron chi connectivity index (χ1n) is 18.7. The zero-order chi connectivity index (χ0) is 31.0. The fraction of sp³-hybridized carbons (Fsp3) is 0.659. The van der Waals surface area contributed by atoms with Gasteiger partial charge in [0.2, 0.25) is 0 Å². The number of likely N-dealkylation sites (tertiary alicyclic amines) is 2. The fourth-order valence-corrected chi connectivity index (χ4v) is 9.51. The molecular formula is C41H60N2O2. The van der Waals surface area contributed by atoms with E-state index >= 15 is 0 Å². The number of piperidine rings is 2. The molecular weight excluding hydrogens is 552 g/mol. The van der Waals surface area contributed by atoms with Gasteiger partial charge in [-0.1, -0.05) is 105 Å². The molecule has 2 saturated carbocycles. The second-order valence-corrected chi connectivity index (χ2v) is 15.1. The van der Waals surface area contributed by atoms with Gasteiger partial charge in [-0.15, -0.1) is 0 Å². The molecule has 246 valence electrons. The molecule has 2 N–H and O–H groups in total. The minimum absolute atomic E-state index is 0.393. The van der Waals surface area contributed by atoms with Crippen molar-refractivity contribution >= 4 is 0 Å². The third-order valence-corrected chi connectivity index (χ3v) is 12.2. The van der Waals surface area contributed by atoms with Gasteiger partial charge in [-0.05, 0) is 125 Å². The number of fused-ring (bicyclic) bond motifs is 2. The smallest absolute Gasteiger partial charge is 0.0942 e. The average Bonchev–Trinajstić information content (AvgIpc) is 3.77. The maximum absolute atomic E-state index is 11.8. The molecule has 0 amide bonds. The van der Waals surface area contributed by atoms with Gasteiger partial charge in [-0.25, -0.2) is 0 Å². The highest BCUT2D eigenvalue weighted by Gasteiger charge is 2.48. The van der Waals surface area contributed by atoms with Crippen molar-refractivity contribution in [2.75, 3.05) is 39.3 Å². The first kappa shape index (κ1) is 32.9. The van der Waals surface area contributed by atoms with E-state index < -0.39 is 11.2 Å². The molecule has 2 saturated heterocycles. The van der Waals surface area contributed by atoms with Crippen molar-refractivity contribution in [3.8, 4) is 0 Å². The lowest BCUT2D eigenvalue weighted by molar-refractivity contribution is -0.0529. The predicted octanol–water partition coefficient (Wildman–Crippen LogP) is 8.29. The van der Waals surface area contributed by atoms with Crippen molar-refractivity contribution in [1.29, 1.82) is 0 Å². The van der Waals surface area contributed by atoms with Crippen LogP contribution in [0.2, 0.25) is 0 Å². The van der Waals surface area contributed by atoms with Crippen LogP contribution in [0.4, 0.5) is 0 Å². The number of aliphatic hydroxyl groups is 2. The van der Waals surface area contributed by atoms with Gasteiger partial charge in [0.1, 0.15) is 0 Å². The van der Waals surface area contributed by atoms with E-state index in [0.717, 1.165) is 43.5 Å². The van der Waals surface area contributed by atoms with Gasteiger partial charge < -0.3 is 20.0 Å². The number of rotatable bonds is 10. The second kappa shape index (κ2) is 15.7. The summed E-state index contributed by atoms with van der Waals surface area (Å²) < 4.78 is 0.